The zero-order valence-electron chi connectivity index (χ0n) is 21.1. The normalized spacial score (nSPS) is 11.7. The number of para-hydroxylation sites is 1. The first kappa shape index (κ1) is 25.0. The molecule has 0 saturated carbocycles. The monoisotopic (exact) mass is 491 g/mol. The quantitative estimate of drug-likeness (QED) is 0.319. The largest absolute Gasteiger partial charge is 0.341 e. The molecule has 0 saturated heterocycles. The van der Waals surface area contributed by atoms with Gasteiger partial charge in [0.1, 0.15) is 0 Å². The molecule has 0 bridgehead atoms. The lowest BCUT2D eigenvalue weighted by Crippen LogP contribution is -2.38. The Labute approximate surface area is 210 Å². The van der Waals surface area contributed by atoms with E-state index in [1.807, 2.05) is 64.8 Å². The second-order valence-electron chi connectivity index (χ2n) is 9.89. The summed E-state index contributed by atoms with van der Waals surface area (Å²) in [5.74, 6) is 1.64. The van der Waals surface area contributed by atoms with Gasteiger partial charge in [0.25, 0.3) is 5.56 Å². The van der Waals surface area contributed by atoms with Crippen LogP contribution in [0.1, 0.15) is 38.8 Å². The van der Waals surface area contributed by atoms with Crippen molar-refractivity contribution < 1.29 is 4.79 Å². The minimum absolute atomic E-state index is 0.0893. The van der Waals surface area contributed by atoms with Gasteiger partial charge in [-0.25, -0.2) is 0 Å². The van der Waals surface area contributed by atoms with E-state index < -0.39 is 0 Å². The number of carbonyl (C=O) groups is 1. The molecule has 2 aromatic carbocycles. The lowest BCUT2D eigenvalue weighted by molar-refractivity contribution is -0.129. The molecule has 0 fully saturated rings. The first-order valence-electron chi connectivity index (χ1n) is 12.1. The number of thioether (sulfide) groups is 1. The first-order valence-corrected chi connectivity index (χ1v) is 13.1. The highest BCUT2D eigenvalue weighted by atomic mass is 32.2. The van der Waals surface area contributed by atoms with Crippen LogP contribution < -0.4 is 5.56 Å². The number of nitrogens with zero attached hydrogens (tertiary/aromatic N) is 5. The van der Waals surface area contributed by atoms with Crippen LogP contribution in [0, 0.1) is 18.8 Å². The van der Waals surface area contributed by atoms with Crippen LogP contribution >= 0.6 is 11.8 Å². The molecule has 0 N–H and O–H groups in total. The van der Waals surface area contributed by atoms with Gasteiger partial charge in [-0.1, -0.05) is 81.4 Å². The molecule has 4 aromatic rings. The minimum atomic E-state index is -0.103. The fourth-order valence-corrected chi connectivity index (χ4v) is 5.07. The van der Waals surface area contributed by atoms with Gasteiger partial charge in [0.2, 0.25) is 11.7 Å². The van der Waals surface area contributed by atoms with Gasteiger partial charge in [-0.15, -0.1) is 10.2 Å². The Kier molecular flexibility index (Phi) is 7.60. The van der Waals surface area contributed by atoms with Crippen molar-refractivity contribution in [3.8, 4) is 0 Å². The van der Waals surface area contributed by atoms with Crippen LogP contribution in [0.25, 0.3) is 16.7 Å². The number of aryl methyl sites for hydroxylation is 1. The average molecular weight is 492 g/mol. The van der Waals surface area contributed by atoms with Crippen LogP contribution in [-0.4, -0.2) is 48.8 Å². The summed E-state index contributed by atoms with van der Waals surface area (Å²) >= 11 is 1.37. The molecule has 0 unspecified atom stereocenters. The van der Waals surface area contributed by atoms with Gasteiger partial charge >= 0.3 is 0 Å². The second-order valence-corrected chi connectivity index (χ2v) is 10.8. The van der Waals surface area contributed by atoms with E-state index in [2.05, 4.69) is 37.9 Å². The van der Waals surface area contributed by atoms with Gasteiger partial charge in [0.15, 0.2) is 5.16 Å². The number of fused-ring (bicyclic) bond motifs is 3. The molecule has 0 aliphatic heterocycles. The number of carbonyl (C=O) groups excluding carboxylic acids is 1. The van der Waals surface area contributed by atoms with Crippen LogP contribution in [0.3, 0.4) is 0 Å². The third-order valence-corrected chi connectivity index (χ3v) is 6.70. The van der Waals surface area contributed by atoms with Gasteiger partial charge in [0.05, 0.1) is 23.2 Å². The lowest BCUT2D eigenvalue weighted by atomic mass is 10.1. The zero-order chi connectivity index (χ0) is 25.1. The average Bonchev–Trinajstić information content (AvgIpc) is 3.24. The Morgan fingerprint density at radius 1 is 0.971 bits per heavy atom. The molecule has 4 rings (SSSR count). The Morgan fingerprint density at radius 3 is 2.29 bits per heavy atom. The van der Waals surface area contributed by atoms with Gasteiger partial charge in [-0.05, 0) is 36.5 Å². The topological polar surface area (TPSA) is 72.5 Å². The van der Waals surface area contributed by atoms with Crippen LogP contribution in [0.2, 0.25) is 0 Å². The standard InChI is InChI=1S/C27H33N5O2S/c1-18(2)14-30(15-19(3)4)24(33)17-35-27-29-28-26-31(16-21-12-10-20(5)11-13-21)25(34)22-8-6-7-9-23(22)32(26)27/h6-13,18-19H,14-17H2,1-5H3. The summed E-state index contributed by atoms with van der Waals surface area (Å²) in [5.41, 5.74) is 2.82. The summed E-state index contributed by atoms with van der Waals surface area (Å²) in [6.45, 7) is 12.4. The zero-order valence-corrected chi connectivity index (χ0v) is 21.9. The van der Waals surface area contributed by atoms with Crippen molar-refractivity contribution in [2.75, 3.05) is 18.8 Å². The van der Waals surface area contributed by atoms with Crippen LogP contribution in [0.5, 0.6) is 0 Å². The summed E-state index contributed by atoms with van der Waals surface area (Å²) in [5, 5.41) is 10.0. The highest BCUT2D eigenvalue weighted by molar-refractivity contribution is 7.99. The molecular formula is C27H33N5O2S. The van der Waals surface area contributed by atoms with Crippen molar-refractivity contribution in [1.82, 2.24) is 24.1 Å². The predicted octanol–water partition coefficient (Wildman–Crippen LogP) is 4.63. The third kappa shape index (κ3) is 5.59. The van der Waals surface area contributed by atoms with Crippen molar-refractivity contribution >= 4 is 34.3 Å². The van der Waals surface area contributed by atoms with Crippen LogP contribution in [-0.2, 0) is 11.3 Å². The van der Waals surface area contributed by atoms with Gasteiger partial charge in [-0.3, -0.25) is 18.6 Å². The smallest absolute Gasteiger partial charge is 0.263 e. The van der Waals surface area contributed by atoms with Gasteiger partial charge < -0.3 is 4.90 Å². The Morgan fingerprint density at radius 2 is 1.63 bits per heavy atom. The molecule has 35 heavy (non-hydrogen) atoms. The fraction of sp³-hybridized carbons (Fsp3) is 0.407. The minimum Gasteiger partial charge on any atom is -0.341 e. The summed E-state index contributed by atoms with van der Waals surface area (Å²) in [7, 11) is 0. The van der Waals surface area contributed by atoms with E-state index in [0.717, 1.165) is 24.2 Å². The van der Waals surface area contributed by atoms with Crippen LogP contribution in [0.4, 0.5) is 0 Å². The number of amides is 1. The van der Waals surface area contributed by atoms with Crippen molar-refractivity contribution in [3.05, 3.63) is 70.0 Å². The molecule has 8 heteroatoms. The molecule has 184 valence electrons. The molecular weight excluding hydrogens is 458 g/mol. The highest BCUT2D eigenvalue weighted by Crippen LogP contribution is 2.23. The van der Waals surface area contributed by atoms with E-state index in [9.17, 15) is 9.59 Å². The van der Waals surface area contributed by atoms with Crippen molar-refractivity contribution in [3.63, 3.8) is 0 Å². The molecule has 2 heterocycles. The maximum Gasteiger partial charge on any atom is 0.263 e. The fourth-order valence-electron chi connectivity index (χ4n) is 4.22. The molecule has 0 aliphatic rings. The number of aromatic nitrogens is 4. The summed E-state index contributed by atoms with van der Waals surface area (Å²) < 4.78 is 3.56. The third-order valence-electron chi connectivity index (χ3n) is 5.79. The molecule has 1 amide bonds. The van der Waals surface area contributed by atoms with Gasteiger partial charge in [0, 0.05) is 13.1 Å². The highest BCUT2D eigenvalue weighted by Gasteiger charge is 2.20. The Balaban J connectivity index is 1.71. The van der Waals surface area contributed by atoms with Crippen molar-refractivity contribution in [1.29, 1.82) is 0 Å². The number of rotatable bonds is 9. The Bertz CT molecular complexity index is 1380. The van der Waals surface area contributed by atoms with Crippen molar-refractivity contribution in [2.24, 2.45) is 11.8 Å². The van der Waals surface area contributed by atoms with E-state index in [1.165, 1.54) is 17.3 Å². The summed E-state index contributed by atoms with van der Waals surface area (Å²) in [6, 6.07) is 15.6. The number of hydrogen-bond acceptors (Lipinski definition) is 5. The Hall–Kier alpha value is -3.13. The molecule has 0 atom stereocenters. The van der Waals surface area contributed by atoms with E-state index in [0.29, 0.717) is 34.7 Å². The van der Waals surface area contributed by atoms with E-state index in [-0.39, 0.29) is 17.2 Å². The van der Waals surface area contributed by atoms with E-state index in [4.69, 9.17) is 0 Å². The molecule has 2 aromatic heterocycles. The summed E-state index contributed by atoms with van der Waals surface area (Å²) in [6.07, 6.45) is 0. The van der Waals surface area contributed by atoms with E-state index in [1.54, 1.807) is 4.57 Å². The second kappa shape index (κ2) is 10.6. The lowest BCUT2D eigenvalue weighted by Gasteiger charge is -2.26. The maximum absolute atomic E-state index is 13.4. The predicted molar refractivity (Wildman–Crippen MR) is 142 cm³/mol. The first-order chi connectivity index (χ1) is 16.7. The van der Waals surface area contributed by atoms with Crippen LogP contribution in [0.15, 0.2) is 58.5 Å². The maximum atomic E-state index is 13.4. The van der Waals surface area contributed by atoms with Crippen molar-refractivity contribution in [2.45, 2.75) is 46.3 Å². The number of benzene rings is 2. The number of hydrogen-bond donors (Lipinski definition) is 0. The molecule has 0 aliphatic carbocycles. The van der Waals surface area contributed by atoms with E-state index >= 15 is 0 Å². The SMILES string of the molecule is Cc1ccc(Cn2c(=O)c3ccccc3n3c(SCC(=O)N(CC(C)C)CC(C)C)nnc23)cc1. The molecule has 0 radical (unpaired) electrons. The molecule has 0 spiro atoms. The van der Waals surface area contributed by atoms with Gasteiger partial charge in [-0.2, -0.15) is 0 Å². The summed E-state index contributed by atoms with van der Waals surface area (Å²) in [4.78, 5) is 28.4. The molecule has 7 nitrogen and oxygen atoms in total.